The lowest BCUT2D eigenvalue weighted by molar-refractivity contribution is 0.0197. The fraction of sp³-hybridized carbons (Fsp3) is 1.00. The van der Waals surface area contributed by atoms with Gasteiger partial charge in [0.25, 0.3) is 0 Å². The summed E-state index contributed by atoms with van der Waals surface area (Å²) < 4.78 is 10.1. The van der Waals surface area contributed by atoms with E-state index in [9.17, 15) is 0 Å². The van der Waals surface area contributed by atoms with Crippen LogP contribution in [0.2, 0.25) is 0 Å². The Morgan fingerprint density at radius 1 is 1.00 bits per heavy atom. The van der Waals surface area contributed by atoms with Crippen LogP contribution in [-0.2, 0) is 9.47 Å². The van der Waals surface area contributed by atoms with Crippen LogP contribution >= 0.6 is 0 Å². The first-order valence-corrected chi connectivity index (χ1v) is 3.44. The van der Waals surface area contributed by atoms with E-state index in [2.05, 4.69) is 0 Å². The average molecular weight is 147 g/mol. The molecule has 0 heterocycles. The van der Waals surface area contributed by atoms with E-state index >= 15 is 0 Å². The van der Waals surface area contributed by atoms with Crippen molar-refractivity contribution in [2.45, 2.75) is 32.1 Å². The monoisotopic (exact) mass is 147 g/mol. The predicted molar refractivity (Wildman–Crippen MR) is 40.9 cm³/mol. The molecule has 3 nitrogen and oxygen atoms in total. The van der Waals surface area contributed by atoms with E-state index in [1.807, 2.05) is 13.8 Å². The van der Waals surface area contributed by atoms with Crippen molar-refractivity contribution in [2.75, 3.05) is 14.2 Å². The first-order chi connectivity index (χ1) is 4.63. The molecule has 2 atom stereocenters. The molecule has 0 spiro atoms. The van der Waals surface area contributed by atoms with Crippen molar-refractivity contribution in [2.24, 2.45) is 5.73 Å². The minimum absolute atomic E-state index is 0.0463. The molecule has 0 bridgehead atoms. The molecule has 0 saturated carbocycles. The van der Waals surface area contributed by atoms with Gasteiger partial charge in [-0.2, -0.15) is 0 Å². The van der Waals surface area contributed by atoms with Crippen molar-refractivity contribution in [1.29, 1.82) is 0 Å². The maximum atomic E-state index is 5.73. The highest BCUT2D eigenvalue weighted by molar-refractivity contribution is 4.74. The summed E-state index contributed by atoms with van der Waals surface area (Å²) in [5, 5.41) is 0. The quantitative estimate of drug-likeness (QED) is 0.625. The lowest BCUT2D eigenvalue weighted by Crippen LogP contribution is -2.43. The van der Waals surface area contributed by atoms with Crippen LogP contribution in [0.25, 0.3) is 0 Å². The zero-order valence-electron chi connectivity index (χ0n) is 7.13. The van der Waals surface area contributed by atoms with Crippen LogP contribution < -0.4 is 5.73 Å². The molecule has 0 aromatic carbocycles. The summed E-state index contributed by atoms with van der Waals surface area (Å²) in [6, 6.07) is -0.0463. The normalized spacial score (nSPS) is 20.1. The van der Waals surface area contributed by atoms with Gasteiger partial charge in [-0.3, -0.25) is 0 Å². The molecular formula is C7H17NO2. The minimum atomic E-state index is -0.0463. The summed E-state index contributed by atoms with van der Waals surface area (Å²) in [7, 11) is 3.29. The molecular weight excluding hydrogens is 130 g/mol. The molecule has 2 N–H and O–H groups in total. The summed E-state index contributed by atoms with van der Waals surface area (Å²) >= 11 is 0. The number of methoxy groups -OCH3 is 2. The predicted octanol–water partition coefficient (Wildman–Crippen LogP) is 0.384. The van der Waals surface area contributed by atoms with Gasteiger partial charge in [-0.25, -0.2) is 0 Å². The van der Waals surface area contributed by atoms with Crippen molar-refractivity contribution in [3.05, 3.63) is 0 Å². The topological polar surface area (TPSA) is 44.5 Å². The van der Waals surface area contributed by atoms with E-state index in [1.54, 1.807) is 14.2 Å². The Kier molecular flexibility index (Phi) is 4.60. The van der Waals surface area contributed by atoms with Crippen LogP contribution in [0.15, 0.2) is 0 Å². The molecule has 3 heteroatoms. The highest BCUT2D eigenvalue weighted by Gasteiger charge is 2.18. The summed E-state index contributed by atoms with van der Waals surface area (Å²) in [5.74, 6) is 0. The van der Waals surface area contributed by atoms with E-state index < -0.39 is 0 Å². The molecule has 10 heavy (non-hydrogen) atoms. The molecule has 62 valence electrons. The highest BCUT2D eigenvalue weighted by Crippen LogP contribution is 2.01. The summed E-state index contributed by atoms with van der Waals surface area (Å²) in [4.78, 5) is 0. The Balaban J connectivity index is 3.69. The van der Waals surface area contributed by atoms with Gasteiger partial charge in [0.05, 0.1) is 18.2 Å². The third-order valence-electron chi connectivity index (χ3n) is 1.83. The van der Waals surface area contributed by atoms with Crippen LogP contribution in [0.3, 0.4) is 0 Å². The molecule has 0 amide bonds. The van der Waals surface area contributed by atoms with Crippen molar-refractivity contribution in [1.82, 2.24) is 0 Å². The van der Waals surface area contributed by atoms with E-state index in [-0.39, 0.29) is 18.2 Å². The Labute approximate surface area is 62.5 Å². The largest absolute Gasteiger partial charge is 0.380 e. The van der Waals surface area contributed by atoms with Gasteiger partial charge in [-0.15, -0.1) is 0 Å². The number of rotatable bonds is 4. The molecule has 0 aliphatic rings. The fourth-order valence-corrected chi connectivity index (χ4v) is 0.696. The van der Waals surface area contributed by atoms with Gasteiger partial charge < -0.3 is 15.2 Å². The molecule has 0 aliphatic carbocycles. The molecule has 2 unspecified atom stereocenters. The Hall–Kier alpha value is -0.120. The van der Waals surface area contributed by atoms with Crippen molar-refractivity contribution >= 4 is 0 Å². The van der Waals surface area contributed by atoms with E-state index in [1.165, 1.54) is 0 Å². The van der Waals surface area contributed by atoms with Crippen molar-refractivity contribution in [3.63, 3.8) is 0 Å². The molecule has 0 fully saturated rings. The maximum Gasteiger partial charge on any atom is 0.0719 e. The second-order valence-corrected chi connectivity index (χ2v) is 2.46. The van der Waals surface area contributed by atoms with E-state index in [0.29, 0.717) is 0 Å². The van der Waals surface area contributed by atoms with Gasteiger partial charge in [-0.1, -0.05) is 0 Å². The average Bonchev–Trinajstić information content (AvgIpc) is 2.00. The van der Waals surface area contributed by atoms with Gasteiger partial charge in [0.2, 0.25) is 0 Å². The number of ether oxygens (including phenoxy) is 2. The van der Waals surface area contributed by atoms with E-state index in [4.69, 9.17) is 15.2 Å². The zero-order valence-corrected chi connectivity index (χ0v) is 7.13. The lowest BCUT2D eigenvalue weighted by atomic mass is 10.1. The van der Waals surface area contributed by atoms with Crippen LogP contribution in [-0.4, -0.2) is 32.5 Å². The van der Waals surface area contributed by atoms with Gasteiger partial charge >= 0.3 is 0 Å². The van der Waals surface area contributed by atoms with Crippen molar-refractivity contribution in [3.8, 4) is 0 Å². The van der Waals surface area contributed by atoms with Crippen molar-refractivity contribution < 1.29 is 9.47 Å². The molecule has 0 rings (SSSR count). The zero-order chi connectivity index (χ0) is 8.15. The maximum absolute atomic E-state index is 5.73. The third kappa shape index (κ3) is 2.64. The fourth-order valence-electron chi connectivity index (χ4n) is 0.696. The first-order valence-electron chi connectivity index (χ1n) is 3.44. The van der Waals surface area contributed by atoms with Gasteiger partial charge in [0.15, 0.2) is 0 Å². The Morgan fingerprint density at radius 3 is 1.50 bits per heavy atom. The molecule has 0 saturated heterocycles. The van der Waals surface area contributed by atoms with Gasteiger partial charge in [0.1, 0.15) is 0 Å². The number of nitrogens with two attached hydrogens (primary N) is 1. The smallest absolute Gasteiger partial charge is 0.0719 e. The highest BCUT2D eigenvalue weighted by atomic mass is 16.5. The molecule has 0 radical (unpaired) electrons. The van der Waals surface area contributed by atoms with E-state index in [0.717, 1.165) is 0 Å². The third-order valence-corrected chi connectivity index (χ3v) is 1.83. The van der Waals surface area contributed by atoms with Crippen LogP contribution in [0.5, 0.6) is 0 Å². The van der Waals surface area contributed by atoms with Gasteiger partial charge in [-0.05, 0) is 13.8 Å². The first kappa shape index (κ1) is 9.88. The van der Waals surface area contributed by atoms with Crippen LogP contribution in [0, 0.1) is 0 Å². The summed E-state index contributed by atoms with van der Waals surface area (Å²) in [6.45, 7) is 3.86. The standard InChI is InChI=1S/C7H17NO2/c1-5(9-3)7(8)6(2)10-4/h5-7H,8H2,1-4H3. The van der Waals surface area contributed by atoms with Crippen LogP contribution in [0.1, 0.15) is 13.8 Å². The molecule has 0 aliphatic heterocycles. The molecule has 0 aromatic heterocycles. The lowest BCUT2D eigenvalue weighted by Gasteiger charge is -2.23. The Bertz CT molecular complexity index is 77.7. The van der Waals surface area contributed by atoms with Gasteiger partial charge in [0, 0.05) is 14.2 Å². The van der Waals surface area contributed by atoms with Crippen LogP contribution in [0.4, 0.5) is 0 Å². The number of hydrogen-bond donors (Lipinski definition) is 1. The molecule has 0 aromatic rings. The number of hydrogen-bond acceptors (Lipinski definition) is 3. The Morgan fingerprint density at radius 2 is 1.30 bits per heavy atom. The second kappa shape index (κ2) is 4.66. The SMILES string of the molecule is COC(C)C(N)C(C)OC. The summed E-state index contributed by atoms with van der Waals surface area (Å²) in [5.41, 5.74) is 5.73. The minimum Gasteiger partial charge on any atom is -0.380 e. The summed E-state index contributed by atoms with van der Waals surface area (Å²) in [6.07, 6.45) is 0.102. The second-order valence-electron chi connectivity index (χ2n) is 2.46.